The summed E-state index contributed by atoms with van der Waals surface area (Å²) in [5, 5.41) is 2.79. The minimum atomic E-state index is -0.234. The molecule has 9 heteroatoms. The van der Waals surface area contributed by atoms with Gasteiger partial charge in [-0.2, -0.15) is 0 Å². The number of aliphatic imine (C=N–C) groups is 1. The van der Waals surface area contributed by atoms with E-state index in [2.05, 4.69) is 24.8 Å². The molecule has 1 atom stereocenters. The SMILES string of the molecule is NC1=NCCn2c(N3CCCC(C=O)C3)nc(-c3ccc(C(=O)Nc4ccccn4)cc3)c21. The summed E-state index contributed by atoms with van der Waals surface area (Å²) in [5.41, 5.74) is 9.18. The van der Waals surface area contributed by atoms with Crippen molar-refractivity contribution < 1.29 is 9.59 Å². The number of imidazole rings is 1. The molecule has 2 aliphatic rings. The fourth-order valence-corrected chi connectivity index (χ4v) is 4.41. The fourth-order valence-electron chi connectivity index (χ4n) is 4.41. The zero-order valence-electron chi connectivity index (χ0n) is 18.1. The number of pyridine rings is 1. The summed E-state index contributed by atoms with van der Waals surface area (Å²) >= 11 is 0. The largest absolute Gasteiger partial charge is 0.382 e. The van der Waals surface area contributed by atoms with Gasteiger partial charge in [-0.15, -0.1) is 0 Å². The molecule has 2 aliphatic heterocycles. The second-order valence-corrected chi connectivity index (χ2v) is 8.26. The van der Waals surface area contributed by atoms with Crippen LogP contribution in [0.1, 0.15) is 28.9 Å². The zero-order valence-corrected chi connectivity index (χ0v) is 18.1. The summed E-state index contributed by atoms with van der Waals surface area (Å²) in [5.74, 6) is 1.56. The number of hydrogen-bond acceptors (Lipinski definition) is 7. The number of fused-ring (bicyclic) bond motifs is 1. The van der Waals surface area contributed by atoms with Gasteiger partial charge in [0.1, 0.15) is 29.3 Å². The van der Waals surface area contributed by atoms with E-state index in [4.69, 9.17) is 10.7 Å². The summed E-state index contributed by atoms with van der Waals surface area (Å²) in [7, 11) is 0. The van der Waals surface area contributed by atoms with E-state index in [9.17, 15) is 9.59 Å². The molecule has 1 amide bonds. The predicted octanol–water partition coefficient (Wildman–Crippen LogP) is 2.33. The number of nitrogens with two attached hydrogens (primary N) is 1. The number of amidine groups is 1. The van der Waals surface area contributed by atoms with Crippen molar-refractivity contribution in [3.63, 3.8) is 0 Å². The first-order valence-corrected chi connectivity index (χ1v) is 11.1. The molecule has 168 valence electrons. The Morgan fingerprint density at radius 2 is 2.00 bits per heavy atom. The number of carbonyl (C=O) groups excluding carboxylic acids is 2. The van der Waals surface area contributed by atoms with E-state index in [1.54, 1.807) is 30.5 Å². The van der Waals surface area contributed by atoms with Crippen LogP contribution in [0.3, 0.4) is 0 Å². The van der Waals surface area contributed by atoms with Crippen LogP contribution in [0.5, 0.6) is 0 Å². The number of nitrogens with zero attached hydrogens (tertiary/aromatic N) is 5. The third-order valence-electron chi connectivity index (χ3n) is 6.06. The molecular weight excluding hydrogens is 418 g/mol. The number of aromatic nitrogens is 3. The van der Waals surface area contributed by atoms with Crippen LogP contribution >= 0.6 is 0 Å². The van der Waals surface area contributed by atoms with Gasteiger partial charge in [0, 0.05) is 42.9 Å². The van der Waals surface area contributed by atoms with E-state index in [0.29, 0.717) is 36.9 Å². The number of amides is 1. The fraction of sp³-hybridized carbons (Fsp3) is 0.292. The molecule has 0 aliphatic carbocycles. The molecular formula is C24H25N7O2. The van der Waals surface area contributed by atoms with Gasteiger partial charge in [-0.1, -0.05) is 18.2 Å². The Kier molecular flexibility index (Phi) is 5.60. The van der Waals surface area contributed by atoms with Crippen LogP contribution in [0.15, 0.2) is 53.7 Å². The Morgan fingerprint density at radius 3 is 2.76 bits per heavy atom. The van der Waals surface area contributed by atoms with E-state index in [1.165, 1.54) is 0 Å². The molecule has 2 aromatic heterocycles. The van der Waals surface area contributed by atoms with Gasteiger partial charge in [0.25, 0.3) is 5.91 Å². The molecule has 1 unspecified atom stereocenters. The summed E-state index contributed by atoms with van der Waals surface area (Å²) < 4.78 is 2.10. The smallest absolute Gasteiger partial charge is 0.256 e. The van der Waals surface area contributed by atoms with Crippen LogP contribution in [0.4, 0.5) is 11.8 Å². The molecule has 3 N–H and O–H groups in total. The maximum absolute atomic E-state index is 12.6. The molecule has 0 bridgehead atoms. The Hall–Kier alpha value is -4.01. The van der Waals surface area contributed by atoms with Crippen molar-refractivity contribution in [1.29, 1.82) is 0 Å². The third-order valence-corrected chi connectivity index (χ3v) is 6.06. The van der Waals surface area contributed by atoms with Gasteiger partial charge in [-0.3, -0.25) is 9.79 Å². The van der Waals surface area contributed by atoms with Gasteiger partial charge in [0.05, 0.1) is 6.54 Å². The van der Waals surface area contributed by atoms with Crippen molar-refractivity contribution in [2.75, 3.05) is 29.9 Å². The minimum absolute atomic E-state index is 0.0154. The lowest BCUT2D eigenvalue weighted by atomic mass is 10.0. The monoisotopic (exact) mass is 443 g/mol. The van der Waals surface area contributed by atoms with Crippen molar-refractivity contribution >= 4 is 29.8 Å². The highest BCUT2D eigenvalue weighted by Gasteiger charge is 2.29. The zero-order chi connectivity index (χ0) is 22.8. The lowest BCUT2D eigenvalue weighted by molar-refractivity contribution is -0.111. The van der Waals surface area contributed by atoms with Crippen LogP contribution in [-0.2, 0) is 11.3 Å². The first kappa shape index (κ1) is 20.9. The Labute approximate surface area is 191 Å². The van der Waals surface area contributed by atoms with Crippen LogP contribution < -0.4 is 16.0 Å². The van der Waals surface area contributed by atoms with E-state index >= 15 is 0 Å². The van der Waals surface area contributed by atoms with Crippen molar-refractivity contribution in [1.82, 2.24) is 14.5 Å². The molecule has 1 saturated heterocycles. The molecule has 0 saturated carbocycles. The second-order valence-electron chi connectivity index (χ2n) is 8.26. The van der Waals surface area contributed by atoms with Gasteiger partial charge in [-0.25, -0.2) is 9.97 Å². The first-order chi connectivity index (χ1) is 16.1. The lowest BCUT2D eigenvalue weighted by Crippen LogP contribution is -2.38. The topological polar surface area (TPSA) is 118 Å². The van der Waals surface area contributed by atoms with Crippen molar-refractivity contribution in [3.8, 4) is 11.3 Å². The van der Waals surface area contributed by atoms with Crippen LogP contribution in [0.25, 0.3) is 11.3 Å². The number of piperidine rings is 1. The molecule has 0 spiro atoms. The molecule has 3 aromatic rings. The number of anilines is 2. The summed E-state index contributed by atoms with van der Waals surface area (Å²) in [6.07, 6.45) is 4.53. The summed E-state index contributed by atoms with van der Waals surface area (Å²) in [6.45, 7) is 2.79. The number of hydrogen-bond donors (Lipinski definition) is 2. The number of benzene rings is 1. The quantitative estimate of drug-likeness (QED) is 0.584. The highest BCUT2D eigenvalue weighted by atomic mass is 16.1. The van der Waals surface area contributed by atoms with Gasteiger partial charge in [0.15, 0.2) is 0 Å². The third kappa shape index (κ3) is 4.09. The van der Waals surface area contributed by atoms with Crippen LogP contribution in [-0.4, -0.2) is 52.2 Å². The first-order valence-electron chi connectivity index (χ1n) is 11.1. The average molecular weight is 444 g/mol. The Morgan fingerprint density at radius 1 is 1.15 bits per heavy atom. The Bertz CT molecular complexity index is 1200. The highest BCUT2D eigenvalue weighted by molar-refractivity contribution is 6.05. The van der Waals surface area contributed by atoms with E-state index < -0.39 is 0 Å². The summed E-state index contributed by atoms with van der Waals surface area (Å²) in [4.78, 5) is 39.6. The summed E-state index contributed by atoms with van der Waals surface area (Å²) in [6, 6.07) is 12.6. The van der Waals surface area contributed by atoms with Crippen molar-refractivity contribution in [3.05, 3.63) is 59.9 Å². The van der Waals surface area contributed by atoms with Gasteiger partial charge < -0.3 is 25.3 Å². The highest BCUT2D eigenvalue weighted by Crippen LogP contribution is 2.32. The van der Waals surface area contributed by atoms with E-state index in [1.807, 2.05) is 18.2 Å². The lowest BCUT2D eigenvalue weighted by Gasteiger charge is -2.32. The van der Waals surface area contributed by atoms with Crippen molar-refractivity contribution in [2.24, 2.45) is 16.6 Å². The maximum Gasteiger partial charge on any atom is 0.256 e. The molecule has 33 heavy (non-hydrogen) atoms. The molecule has 4 heterocycles. The van der Waals surface area contributed by atoms with Gasteiger partial charge in [-0.05, 0) is 37.1 Å². The number of carbonyl (C=O) groups is 2. The van der Waals surface area contributed by atoms with E-state index in [-0.39, 0.29) is 11.8 Å². The standard InChI is InChI=1S/C24H25N7O2/c25-22-21-20(17-6-8-18(9-7-17)23(33)28-19-5-1-2-10-26-19)29-24(31(21)13-11-27-22)30-12-3-4-16(14-30)15-32/h1-2,5-10,15-16H,3-4,11-14H2,(H2,25,27)(H,26,28,33). The maximum atomic E-state index is 12.6. The van der Waals surface area contributed by atoms with E-state index in [0.717, 1.165) is 48.6 Å². The van der Waals surface area contributed by atoms with Crippen LogP contribution in [0.2, 0.25) is 0 Å². The van der Waals surface area contributed by atoms with Crippen LogP contribution in [0, 0.1) is 5.92 Å². The van der Waals surface area contributed by atoms with Gasteiger partial charge in [0.2, 0.25) is 5.95 Å². The van der Waals surface area contributed by atoms with Gasteiger partial charge >= 0.3 is 0 Å². The molecule has 5 rings (SSSR count). The Balaban J connectivity index is 1.45. The minimum Gasteiger partial charge on any atom is -0.382 e. The van der Waals surface area contributed by atoms with Crippen molar-refractivity contribution in [2.45, 2.75) is 19.4 Å². The predicted molar refractivity (Wildman–Crippen MR) is 126 cm³/mol. The second kappa shape index (κ2) is 8.85. The number of rotatable bonds is 5. The molecule has 1 fully saturated rings. The molecule has 1 aromatic carbocycles. The molecule has 9 nitrogen and oxygen atoms in total. The number of nitrogens with one attached hydrogen (secondary N) is 1. The normalized spacial score (nSPS) is 17.8. The number of aldehydes is 1. The molecule has 0 radical (unpaired) electrons. The average Bonchev–Trinajstić information content (AvgIpc) is 3.26.